The van der Waals surface area contributed by atoms with E-state index in [9.17, 15) is 4.79 Å². The van der Waals surface area contributed by atoms with Crippen molar-refractivity contribution < 1.29 is 9.53 Å². The molecule has 92 valence electrons. The summed E-state index contributed by atoms with van der Waals surface area (Å²) < 4.78 is 5.47. The van der Waals surface area contributed by atoms with Gasteiger partial charge in [0.05, 0.1) is 12.5 Å². The first kappa shape index (κ1) is 11.9. The molecule has 2 heterocycles. The number of rotatable bonds is 3. The first-order chi connectivity index (χ1) is 7.75. The summed E-state index contributed by atoms with van der Waals surface area (Å²) >= 11 is 0. The van der Waals surface area contributed by atoms with E-state index >= 15 is 0 Å². The predicted molar refractivity (Wildman–Crippen MR) is 62.2 cm³/mol. The van der Waals surface area contributed by atoms with E-state index in [0.29, 0.717) is 18.4 Å². The monoisotopic (exact) mass is 226 g/mol. The lowest BCUT2D eigenvalue weighted by atomic mass is 9.95. The van der Waals surface area contributed by atoms with Crippen LogP contribution in [0, 0.1) is 5.92 Å². The van der Waals surface area contributed by atoms with Crippen molar-refractivity contribution in [3.63, 3.8) is 0 Å². The Hall–Kier alpha value is -0.610. The molecule has 3 atom stereocenters. The minimum Gasteiger partial charge on any atom is -0.378 e. The summed E-state index contributed by atoms with van der Waals surface area (Å²) in [6.07, 6.45) is 3.88. The molecule has 2 aliphatic heterocycles. The third kappa shape index (κ3) is 3.19. The van der Waals surface area contributed by atoms with Gasteiger partial charge < -0.3 is 15.4 Å². The Balaban J connectivity index is 1.72. The molecule has 2 saturated heterocycles. The Morgan fingerprint density at radius 1 is 1.50 bits per heavy atom. The van der Waals surface area contributed by atoms with Gasteiger partial charge in [-0.25, -0.2) is 0 Å². The fourth-order valence-corrected chi connectivity index (χ4v) is 2.51. The van der Waals surface area contributed by atoms with Gasteiger partial charge in [0.15, 0.2) is 0 Å². The average Bonchev–Trinajstić information content (AvgIpc) is 2.74. The van der Waals surface area contributed by atoms with E-state index in [4.69, 9.17) is 4.74 Å². The second-order valence-corrected chi connectivity index (χ2v) is 4.98. The standard InChI is InChI=1S/C12H22N2O2/c1-9-8-13-5-4-11(9)14-12(15)7-10-3-2-6-16-10/h9-11,13H,2-8H2,1H3,(H,14,15). The van der Waals surface area contributed by atoms with Crippen LogP contribution in [-0.4, -0.2) is 37.7 Å². The van der Waals surface area contributed by atoms with E-state index in [1.165, 1.54) is 0 Å². The molecule has 2 aliphatic rings. The molecular weight excluding hydrogens is 204 g/mol. The normalized spacial score (nSPS) is 34.9. The third-order valence-corrected chi connectivity index (χ3v) is 3.57. The van der Waals surface area contributed by atoms with Gasteiger partial charge in [-0.1, -0.05) is 6.92 Å². The molecule has 3 unspecified atom stereocenters. The molecule has 16 heavy (non-hydrogen) atoms. The summed E-state index contributed by atoms with van der Waals surface area (Å²) in [5.74, 6) is 0.688. The molecule has 0 aliphatic carbocycles. The summed E-state index contributed by atoms with van der Waals surface area (Å²) in [5.41, 5.74) is 0. The topological polar surface area (TPSA) is 50.4 Å². The lowest BCUT2D eigenvalue weighted by Gasteiger charge is -2.30. The van der Waals surface area contributed by atoms with Crippen molar-refractivity contribution in [3.05, 3.63) is 0 Å². The van der Waals surface area contributed by atoms with Crippen LogP contribution < -0.4 is 10.6 Å². The minimum absolute atomic E-state index is 0.158. The number of carbonyl (C=O) groups excluding carboxylic acids is 1. The number of hydrogen-bond donors (Lipinski definition) is 2. The van der Waals surface area contributed by atoms with Crippen LogP contribution in [0.15, 0.2) is 0 Å². The average molecular weight is 226 g/mol. The Morgan fingerprint density at radius 2 is 2.38 bits per heavy atom. The Labute approximate surface area is 97.1 Å². The van der Waals surface area contributed by atoms with Gasteiger partial charge in [-0.3, -0.25) is 4.79 Å². The lowest BCUT2D eigenvalue weighted by Crippen LogP contribution is -2.48. The van der Waals surface area contributed by atoms with Gasteiger partial charge in [0.1, 0.15) is 0 Å². The predicted octanol–water partition coefficient (Wildman–Crippen LogP) is 0.670. The van der Waals surface area contributed by atoms with Crippen LogP contribution >= 0.6 is 0 Å². The molecule has 4 heteroatoms. The van der Waals surface area contributed by atoms with Crippen molar-refractivity contribution in [2.24, 2.45) is 5.92 Å². The summed E-state index contributed by atoms with van der Waals surface area (Å²) in [7, 11) is 0. The second-order valence-electron chi connectivity index (χ2n) is 4.98. The Morgan fingerprint density at radius 3 is 3.06 bits per heavy atom. The van der Waals surface area contributed by atoms with Crippen LogP contribution in [0.4, 0.5) is 0 Å². The Bertz CT molecular complexity index is 239. The van der Waals surface area contributed by atoms with Gasteiger partial charge in [0, 0.05) is 12.6 Å². The zero-order chi connectivity index (χ0) is 11.4. The maximum atomic E-state index is 11.8. The van der Waals surface area contributed by atoms with Crippen molar-refractivity contribution in [1.29, 1.82) is 0 Å². The van der Waals surface area contributed by atoms with E-state index in [0.717, 1.165) is 39.0 Å². The molecule has 0 spiro atoms. The molecule has 2 N–H and O–H groups in total. The molecule has 0 aromatic heterocycles. The molecule has 1 amide bonds. The molecular formula is C12H22N2O2. The SMILES string of the molecule is CC1CNCCC1NC(=O)CC1CCCO1. The van der Waals surface area contributed by atoms with Crippen LogP contribution in [0.3, 0.4) is 0 Å². The molecule has 0 radical (unpaired) electrons. The number of nitrogens with one attached hydrogen (secondary N) is 2. The first-order valence-corrected chi connectivity index (χ1v) is 6.37. The molecule has 2 fully saturated rings. The fraction of sp³-hybridized carbons (Fsp3) is 0.917. The van der Waals surface area contributed by atoms with Gasteiger partial charge in [0.2, 0.25) is 5.91 Å². The highest BCUT2D eigenvalue weighted by Gasteiger charge is 2.25. The number of piperidine rings is 1. The Kier molecular flexibility index (Phi) is 4.18. The van der Waals surface area contributed by atoms with Gasteiger partial charge in [0.25, 0.3) is 0 Å². The highest BCUT2D eigenvalue weighted by Crippen LogP contribution is 2.16. The van der Waals surface area contributed by atoms with Gasteiger partial charge >= 0.3 is 0 Å². The van der Waals surface area contributed by atoms with Crippen molar-refractivity contribution >= 4 is 5.91 Å². The molecule has 2 rings (SSSR count). The molecule has 0 aromatic carbocycles. The highest BCUT2D eigenvalue weighted by atomic mass is 16.5. The lowest BCUT2D eigenvalue weighted by molar-refractivity contribution is -0.124. The van der Waals surface area contributed by atoms with Crippen LogP contribution in [0.1, 0.15) is 32.6 Å². The van der Waals surface area contributed by atoms with Crippen molar-refractivity contribution in [1.82, 2.24) is 10.6 Å². The van der Waals surface area contributed by atoms with Gasteiger partial charge in [-0.05, 0) is 38.3 Å². The zero-order valence-electron chi connectivity index (χ0n) is 10.00. The number of ether oxygens (including phenoxy) is 1. The zero-order valence-corrected chi connectivity index (χ0v) is 10.00. The molecule has 4 nitrogen and oxygen atoms in total. The van der Waals surface area contributed by atoms with Crippen molar-refractivity contribution in [2.45, 2.75) is 44.8 Å². The third-order valence-electron chi connectivity index (χ3n) is 3.57. The minimum atomic E-state index is 0.158. The highest BCUT2D eigenvalue weighted by molar-refractivity contribution is 5.76. The van der Waals surface area contributed by atoms with Crippen molar-refractivity contribution in [3.8, 4) is 0 Å². The molecule has 0 aromatic rings. The summed E-state index contributed by atoms with van der Waals surface area (Å²) in [4.78, 5) is 11.8. The summed E-state index contributed by atoms with van der Waals surface area (Å²) in [6.45, 7) is 5.02. The van der Waals surface area contributed by atoms with E-state index in [2.05, 4.69) is 17.6 Å². The summed E-state index contributed by atoms with van der Waals surface area (Å²) in [6, 6.07) is 0.343. The smallest absolute Gasteiger partial charge is 0.222 e. The number of hydrogen-bond acceptors (Lipinski definition) is 3. The second kappa shape index (κ2) is 5.64. The van der Waals surface area contributed by atoms with Crippen LogP contribution in [0.5, 0.6) is 0 Å². The van der Waals surface area contributed by atoms with E-state index in [1.807, 2.05) is 0 Å². The molecule has 0 saturated carbocycles. The maximum absolute atomic E-state index is 11.8. The quantitative estimate of drug-likeness (QED) is 0.743. The maximum Gasteiger partial charge on any atom is 0.222 e. The summed E-state index contributed by atoms with van der Waals surface area (Å²) in [5, 5.41) is 6.47. The molecule has 0 bridgehead atoms. The fourth-order valence-electron chi connectivity index (χ4n) is 2.51. The van der Waals surface area contributed by atoms with Crippen LogP contribution in [0.25, 0.3) is 0 Å². The van der Waals surface area contributed by atoms with E-state index in [1.54, 1.807) is 0 Å². The van der Waals surface area contributed by atoms with Gasteiger partial charge in [-0.2, -0.15) is 0 Å². The largest absolute Gasteiger partial charge is 0.378 e. The van der Waals surface area contributed by atoms with E-state index < -0.39 is 0 Å². The van der Waals surface area contributed by atoms with E-state index in [-0.39, 0.29) is 12.0 Å². The van der Waals surface area contributed by atoms with Crippen LogP contribution in [0.2, 0.25) is 0 Å². The first-order valence-electron chi connectivity index (χ1n) is 6.37. The number of carbonyl (C=O) groups is 1. The van der Waals surface area contributed by atoms with Crippen LogP contribution in [-0.2, 0) is 9.53 Å². The van der Waals surface area contributed by atoms with Crippen molar-refractivity contribution in [2.75, 3.05) is 19.7 Å². The number of amides is 1. The van der Waals surface area contributed by atoms with Gasteiger partial charge in [-0.15, -0.1) is 0 Å².